The van der Waals surface area contributed by atoms with Gasteiger partial charge in [-0.2, -0.15) is 4.39 Å². The van der Waals surface area contributed by atoms with Crippen LogP contribution in [0.3, 0.4) is 0 Å². The van der Waals surface area contributed by atoms with Gasteiger partial charge in [0.15, 0.2) is 0 Å². The van der Waals surface area contributed by atoms with E-state index in [1.54, 1.807) is 11.4 Å². The maximum atomic E-state index is 13.1. The van der Waals surface area contributed by atoms with Crippen LogP contribution in [0.4, 0.5) is 15.8 Å². The minimum absolute atomic E-state index is 0.180. The van der Waals surface area contributed by atoms with Gasteiger partial charge in [-0.3, -0.25) is 14.9 Å². The second kappa shape index (κ2) is 5.61. The van der Waals surface area contributed by atoms with E-state index in [9.17, 15) is 19.3 Å². The molecule has 0 fully saturated rings. The number of hydrogen-bond donors (Lipinski definition) is 1. The normalized spacial score (nSPS) is 10.2. The summed E-state index contributed by atoms with van der Waals surface area (Å²) in [6.45, 7) is 0. The Bertz CT molecular complexity index is 659. The molecule has 1 N–H and O–H groups in total. The number of carbonyl (C=O) groups excluding carboxylic acids is 1. The molecule has 0 bridgehead atoms. The van der Waals surface area contributed by atoms with Crippen LogP contribution < -0.4 is 5.32 Å². The highest BCUT2D eigenvalue weighted by atomic mass is 127. The van der Waals surface area contributed by atoms with E-state index in [0.717, 1.165) is 15.0 Å². The lowest BCUT2D eigenvalue weighted by atomic mass is 10.2. The Morgan fingerprint density at radius 1 is 1.42 bits per heavy atom. The molecule has 2 rings (SSSR count). The molecule has 0 saturated carbocycles. The number of halogens is 2. The number of amides is 1. The monoisotopic (exact) mass is 392 g/mol. The zero-order chi connectivity index (χ0) is 14.0. The van der Waals surface area contributed by atoms with Crippen LogP contribution in [-0.4, -0.2) is 10.8 Å². The molecule has 8 heteroatoms. The van der Waals surface area contributed by atoms with Crippen molar-refractivity contribution in [3.05, 3.63) is 54.0 Å². The first-order valence-electron chi connectivity index (χ1n) is 4.96. The van der Waals surface area contributed by atoms with Crippen LogP contribution in [0.25, 0.3) is 0 Å². The van der Waals surface area contributed by atoms with Gasteiger partial charge in [0.25, 0.3) is 5.91 Å². The fourth-order valence-corrected chi connectivity index (χ4v) is 2.69. The van der Waals surface area contributed by atoms with Crippen molar-refractivity contribution in [3.63, 3.8) is 0 Å². The highest BCUT2D eigenvalue weighted by Crippen LogP contribution is 2.23. The summed E-state index contributed by atoms with van der Waals surface area (Å²) in [5.41, 5.74) is -0.0293. The van der Waals surface area contributed by atoms with Gasteiger partial charge in [0.2, 0.25) is 5.82 Å². The highest BCUT2D eigenvalue weighted by Gasteiger charge is 2.16. The van der Waals surface area contributed by atoms with E-state index in [2.05, 4.69) is 27.9 Å². The number of nitrogens with zero attached hydrogens (tertiary/aromatic N) is 1. The van der Waals surface area contributed by atoms with Crippen molar-refractivity contribution in [2.75, 3.05) is 5.32 Å². The summed E-state index contributed by atoms with van der Waals surface area (Å²) in [5.74, 6) is -1.33. The van der Waals surface area contributed by atoms with E-state index in [0.29, 0.717) is 5.56 Å². The average Bonchev–Trinajstić information content (AvgIpc) is 2.78. The van der Waals surface area contributed by atoms with Crippen molar-refractivity contribution in [2.24, 2.45) is 0 Å². The van der Waals surface area contributed by atoms with Gasteiger partial charge in [-0.25, -0.2) is 0 Å². The third kappa shape index (κ3) is 3.26. The van der Waals surface area contributed by atoms with Crippen LogP contribution in [0.1, 0.15) is 10.4 Å². The average molecular weight is 392 g/mol. The van der Waals surface area contributed by atoms with E-state index in [1.165, 1.54) is 17.4 Å². The molecule has 0 spiro atoms. The number of rotatable bonds is 3. The second-order valence-electron chi connectivity index (χ2n) is 3.52. The molecule has 2 aromatic rings. The predicted octanol–water partition coefficient (Wildman–Crippen LogP) is 3.65. The first-order chi connectivity index (χ1) is 8.97. The molecule has 1 aromatic carbocycles. The fraction of sp³-hybridized carbons (Fsp3) is 0. The molecule has 0 saturated heterocycles. The third-order valence-electron chi connectivity index (χ3n) is 2.23. The fourth-order valence-electron chi connectivity index (χ4n) is 1.36. The molecule has 0 unspecified atom stereocenters. The van der Waals surface area contributed by atoms with Crippen molar-refractivity contribution < 1.29 is 14.1 Å². The molecule has 0 aliphatic carbocycles. The van der Waals surface area contributed by atoms with Gasteiger partial charge in [-0.05, 0) is 40.8 Å². The number of hydrogen-bond acceptors (Lipinski definition) is 4. The van der Waals surface area contributed by atoms with Crippen LogP contribution in [-0.2, 0) is 0 Å². The number of nitrogens with one attached hydrogen (secondary N) is 1. The Morgan fingerprint density at radius 2 is 2.16 bits per heavy atom. The highest BCUT2D eigenvalue weighted by molar-refractivity contribution is 14.1. The molecule has 98 valence electrons. The molecule has 5 nitrogen and oxygen atoms in total. The van der Waals surface area contributed by atoms with Crippen molar-refractivity contribution in [1.82, 2.24) is 0 Å². The first-order valence-corrected chi connectivity index (χ1v) is 6.92. The molecule has 1 heterocycles. The topological polar surface area (TPSA) is 72.2 Å². The van der Waals surface area contributed by atoms with Crippen LogP contribution in [0.2, 0.25) is 0 Å². The third-order valence-corrected chi connectivity index (χ3v) is 4.02. The van der Waals surface area contributed by atoms with Gasteiger partial charge in [-0.1, -0.05) is 0 Å². The minimum atomic E-state index is -0.937. The Labute approximate surface area is 124 Å². The zero-order valence-corrected chi connectivity index (χ0v) is 12.2. The quantitative estimate of drug-likeness (QED) is 0.493. The van der Waals surface area contributed by atoms with Gasteiger partial charge in [0.05, 0.1) is 13.4 Å². The molecule has 1 aromatic heterocycles. The van der Waals surface area contributed by atoms with Gasteiger partial charge < -0.3 is 5.32 Å². The van der Waals surface area contributed by atoms with Crippen molar-refractivity contribution in [2.45, 2.75) is 0 Å². The van der Waals surface area contributed by atoms with Crippen molar-refractivity contribution in [1.29, 1.82) is 0 Å². The van der Waals surface area contributed by atoms with Gasteiger partial charge in [-0.15, -0.1) is 11.3 Å². The SMILES string of the molecule is O=C(Nc1ccc(F)c([N+](=O)[O-])c1)c1csc(I)c1. The van der Waals surface area contributed by atoms with E-state index in [1.807, 2.05) is 0 Å². The Balaban J connectivity index is 2.22. The van der Waals surface area contributed by atoms with Crippen LogP contribution in [0.15, 0.2) is 29.6 Å². The molecular weight excluding hydrogens is 386 g/mol. The maximum Gasteiger partial charge on any atom is 0.306 e. The van der Waals surface area contributed by atoms with Gasteiger partial charge in [0.1, 0.15) is 0 Å². The Morgan fingerprint density at radius 3 is 2.74 bits per heavy atom. The number of anilines is 1. The Hall–Kier alpha value is -1.55. The lowest BCUT2D eigenvalue weighted by molar-refractivity contribution is -0.387. The second-order valence-corrected chi connectivity index (χ2v) is 6.32. The Kier molecular flexibility index (Phi) is 4.10. The minimum Gasteiger partial charge on any atom is -0.322 e. The first kappa shape index (κ1) is 13.9. The molecular formula is C11H6FIN2O3S. The number of nitro groups is 1. The molecule has 19 heavy (non-hydrogen) atoms. The molecule has 0 aliphatic heterocycles. The van der Waals surface area contributed by atoms with E-state index in [-0.39, 0.29) is 11.6 Å². The summed E-state index contributed by atoms with van der Waals surface area (Å²) in [7, 11) is 0. The number of nitro benzene ring substituents is 1. The summed E-state index contributed by atoms with van der Waals surface area (Å²) >= 11 is 3.49. The summed E-state index contributed by atoms with van der Waals surface area (Å²) < 4.78 is 14.1. The van der Waals surface area contributed by atoms with E-state index in [4.69, 9.17) is 0 Å². The lowest BCUT2D eigenvalue weighted by Gasteiger charge is -2.03. The molecule has 0 atom stereocenters. The van der Waals surface area contributed by atoms with Crippen LogP contribution in [0.5, 0.6) is 0 Å². The standard InChI is InChI=1S/C11H6FIN2O3S/c12-8-2-1-7(4-9(8)15(17)18)14-11(16)6-3-10(13)19-5-6/h1-5H,(H,14,16). The van der Waals surface area contributed by atoms with E-state index >= 15 is 0 Å². The van der Waals surface area contributed by atoms with E-state index < -0.39 is 16.4 Å². The maximum absolute atomic E-state index is 13.1. The zero-order valence-electron chi connectivity index (χ0n) is 9.22. The number of carbonyl (C=O) groups is 1. The smallest absolute Gasteiger partial charge is 0.306 e. The largest absolute Gasteiger partial charge is 0.322 e. The predicted molar refractivity (Wildman–Crippen MR) is 78.0 cm³/mol. The van der Waals surface area contributed by atoms with Crippen LogP contribution in [0, 0.1) is 18.8 Å². The summed E-state index contributed by atoms with van der Waals surface area (Å²) in [5, 5.41) is 14.7. The van der Waals surface area contributed by atoms with Gasteiger partial charge in [0, 0.05) is 17.1 Å². The summed E-state index contributed by atoms with van der Waals surface area (Å²) in [6.07, 6.45) is 0. The molecule has 0 radical (unpaired) electrons. The lowest BCUT2D eigenvalue weighted by Crippen LogP contribution is -2.11. The number of benzene rings is 1. The number of thiophene rings is 1. The molecule has 0 aliphatic rings. The van der Waals surface area contributed by atoms with Crippen molar-refractivity contribution >= 4 is 51.2 Å². The summed E-state index contributed by atoms with van der Waals surface area (Å²) in [6, 6.07) is 4.91. The van der Waals surface area contributed by atoms with Gasteiger partial charge >= 0.3 is 5.69 Å². The molecule has 1 amide bonds. The van der Waals surface area contributed by atoms with Crippen LogP contribution >= 0.6 is 33.9 Å². The summed E-state index contributed by atoms with van der Waals surface area (Å²) in [4.78, 5) is 21.6. The van der Waals surface area contributed by atoms with Crippen molar-refractivity contribution in [3.8, 4) is 0 Å².